The molecule has 5 heterocycles. The van der Waals surface area contributed by atoms with E-state index in [-0.39, 0.29) is 50.3 Å². The average Bonchev–Trinajstić information content (AvgIpc) is 1.75. The van der Waals surface area contributed by atoms with Crippen LogP contribution in [0.4, 0.5) is 0 Å². The van der Waals surface area contributed by atoms with Gasteiger partial charge in [0.1, 0.15) is 78.5 Å². The standard InChI is InChI=1S/C80H120N20O21S4/c1-14-40(8)61-74(115)82-24-26-122-42(10)62-76(117)87-41(9)66(107)88-48(22-23-59(105)106)68(109)92-52(71(112)95-61)35-124-44(12)64(78(119)89-49(27-37(2)3)69(110)97-62)99-72(113)53-36-125-45(13)65(98-70(111)50(29-46-19-16-15-17-20-46)90-77(118)63-43(11)123-34-47(81)67(108)96-63)79(120)91-51(28-38(4)5)80(121)100-25-18-21-54(100)73(114)86-32-57(103)84-30-55(101)83-31-56(102)85-33-58(104)94-60(39(6)7)75(116)93-53/h15-17,19-20,24,26,37-40,42-45,47-54,60-65H,9,14,18,21-23,25,27-36,81H2,1-8,10-13H3,(H,82,115)(H,83,101)(H,84,103)(H,85,102)(H,86,114)(H,87,117)(H,88,107)(H,89,119)(H,90,118)(H,91,120)(H,92,109)(H,93,116)(H,94,104)(H,95,112)(H,96,108)(H,97,110)(H,98,111)(H,99,113)(H,105,106)/b26-24+/t40?,42-,43-,44-,45-,47-,48-,49-,50-,51-,52-,53-,54-,60-,61-,62?,63+,64+,65+/m0/s1. The van der Waals surface area contributed by atoms with Gasteiger partial charge in [0.05, 0.1) is 37.9 Å². The summed E-state index contributed by atoms with van der Waals surface area (Å²) in [6.07, 6.45) is 0.0583. The van der Waals surface area contributed by atoms with Crippen LogP contribution in [0.25, 0.3) is 0 Å². The Morgan fingerprint density at radius 3 is 1.74 bits per heavy atom. The Bertz CT molecular complexity index is 4170. The van der Waals surface area contributed by atoms with Crippen molar-refractivity contribution in [1.29, 1.82) is 0 Å². The third kappa shape index (κ3) is 32.4. The number of fused-ring (bicyclic) bond motifs is 10. The van der Waals surface area contributed by atoms with Gasteiger partial charge >= 0.3 is 5.97 Å². The minimum absolute atomic E-state index is 0.00610. The number of amides is 19. The number of nitrogens with two attached hydrogens (primary N) is 1. The predicted octanol–water partition coefficient (Wildman–Crippen LogP) is -4.75. The van der Waals surface area contributed by atoms with E-state index in [1.165, 1.54) is 62.9 Å². The molecule has 19 amide bonds. The topological polar surface area (TPSA) is 607 Å². The molecule has 4 fully saturated rings. The molecule has 4 saturated heterocycles. The smallest absolute Gasteiger partial charge is 0.303 e. The molecule has 6 rings (SSSR count). The summed E-state index contributed by atoms with van der Waals surface area (Å²) in [6.45, 7) is 20.1. The van der Waals surface area contributed by atoms with Crippen molar-refractivity contribution in [2.24, 2.45) is 29.4 Å². The fourth-order valence-corrected chi connectivity index (χ4v) is 17.6. The van der Waals surface area contributed by atoms with Crippen molar-refractivity contribution in [1.82, 2.24) is 101 Å². The fourth-order valence-electron chi connectivity index (χ4n) is 13.6. The Labute approximate surface area is 742 Å². The maximum atomic E-state index is 16.0. The first-order chi connectivity index (χ1) is 59.0. The highest BCUT2D eigenvalue weighted by Gasteiger charge is 2.45. The molecular formula is C80H120N20O21S4. The van der Waals surface area contributed by atoms with E-state index in [4.69, 9.17) is 5.73 Å². The first-order valence-corrected chi connectivity index (χ1v) is 45.5. The molecule has 41 nitrogen and oxygen atoms in total. The normalized spacial score (nSPS) is 29.0. The molecule has 0 saturated carbocycles. The number of aliphatic carboxylic acids is 1. The number of rotatable bonds is 18. The fraction of sp³-hybridized carbons (Fsp3) is 0.625. The lowest BCUT2D eigenvalue weighted by Gasteiger charge is -2.33. The van der Waals surface area contributed by atoms with Crippen molar-refractivity contribution in [2.75, 3.05) is 50.0 Å². The van der Waals surface area contributed by atoms with Crippen molar-refractivity contribution < 1.29 is 101 Å². The lowest BCUT2D eigenvalue weighted by atomic mass is 9.98. The largest absolute Gasteiger partial charge is 0.481 e. The molecule has 0 spiro atoms. The number of thioether (sulfide) groups is 4. The summed E-state index contributed by atoms with van der Waals surface area (Å²) in [4.78, 5) is 289. The van der Waals surface area contributed by atoms with E-state index >= 15 is 38.4 Å². The quantitative estimate of drug-likeness (QED) is 0.0485. The predicted molar refractivity (Wildman–Crippen MR) is 466 cm³/mol. The molecule has 2 unspecified atom stereocenters. The number of carbonyl (C=O) groups is 20. The number of hydrogen-bond acceptors (Lipinski definition) is 25. The van der Waals surface area contributed by atoms with Crippen molar-refractivity contribution >= 4 is 165 Å². The highest BCUT2D eigenvalue weighted by molar-refractivity contribution is 8.02. The van der Waals surface area contributed by atoms with Crippen LogP contribution < -0.4 is 101 Å². The highest BCUT2D eigenvalue weighted by atomic mass is 32.2. The van der Waals surface area contributed by atoms with E-state index in [0.717, 1.165) is 35.3 Å². The van der Waals surface area contributed by atoms with Gasteiger partial charge in [-0.3, -0.25) is 95.9 Å². The second-order valence-corrected chi connectivity index (χ2v) is 37.9. The monoisotopic (exact) mass is 1820 g/mol. The maximum Gasteiger partial charge on any atom is 0.303 e. The molecule has 21 N–H and O–H groups in total. The molecule has 0 aromatic heterocycles. The van der Waals surface area contributed by atoms with Crippen molar-refractivity contribution in [3.8, 4) is 0 Å². The number of carbonyl (C=O) groups excluding carboxylic acids is 19. The summed E-state index contributed by atoms with van der Waals surface area (Å²) in [7, 11) is 0. The first kappa shape index (κ1) is 103. The van der Waals surface area contributed by atoms with Crippen molar-refractivity contribution in [3.05, 3.63) is 59.8 Å². The highest BCUT2D eigenvalue weighted by Crippen LogP contribution is 2.27. The zero-order valence-corrected chi connectivity index (χ0v) is 75.3. The molecule has 5 aliphatic rings. The number of carboxylic acid groups (broad SMARTS) is 1. The third-order valence-electron chi connectivity index (χ3n) is 21.0. The molecule has 1 aromatic rings. The van der Waals surface area contributed by atoms with Gasteiger partial charge in [0.2, 0.25) is 106 Å². The molecule has 45 heteroatoms. The van der Waals surface area contributed by atoms with Gasteiger partial charge in [0, 0.05) is 63.8 Å². The first-order valence-electron chi connectivity index (χ1n) is 41.5. The lowest BCUT2D eigenvalue weighted by Crippen LogP contribution is -2.63. The van der Waals surface area contributed by atoms with Gasteiger partial charge in [-0.2, -0.15) is 35.3 Å². The minimum atomic E-state index is -1.94. The third-order valence-corrected chi connectivity index (χ3v) is 26.0. The minimum Gasteiger partial charge on any atom is -0.481 e. The van der Waals surface area contributed by atoms with Crippen LogP contribution in [0.15, 0.2) is 54.2 Å². The number of hydrogen-bond donors (Lipinski definition) is 20. The zero-order chi connectivity index (χ0) is 92.8. The molecule has 0 radical (unpaired) electrons. The van der Waals surface area contributed by atoms with Crippen LogP contribution in [0, 0.1) is 23.7 Å². The van der Waals surface area contributed by atoms with E-state index < -0.39 is 298 Å². The van der Waals surface area contributed by atoms with Crippen LogP contribution in [0.5, 0.6) is 0 Å². The Kier molecular flexibility index (Phi) is 41.3. The molecule has 19 atom stereocenters. The van der Waals surface area contributed by atoms with Crippen LogP contribution in [0.1, 0.15) is 134 Å². The van der Waals surface area contributed by atoms with Gasteiger partial charge < -0.3 is 111 Å². The van der Waals surface area contributed by atoms with Crippen LogP contribution in [-0.2, 0) is 102 Å². The molecule has 125 heavy (non-hydrogen) atoms. The summed E-state index contributed by atoms with van der Waals surface area (Å²) < 4.78 is 0. The van der Waals surface area contributed by atoms with Crippen LogP contribution in [-0.4, -0.2) is 284 Å². The Morgan fingerprint density at radius 2 is 1.14 bits per heavy atom. The summed E-state index contributed by atoms with van der Waals surface area (Å²) in [5.41, 5.74) is 5.93. The Balaban J connectivity index is 1.56. The van der Waals surface area contributed by atoms with Gasteiger partial charge in [-0.1, -0.05) is 126 Å². The molecule has 0 aliphatic carbocycles. The zero-order valence-electron chi connectivity index (χ0n) is 72.0. The van der Waals surface area contributed by atoms with Gasteiger partial charge in [-0.25, -0.2) is 0 Å². The SMILES string of the molecule is C=C1NC(=O)C2NC(=O)[C@H](CC(C)C)NC(=O)[C@H](NC(=O)[C@@H]3CS[C@@H](C)[C@@H](NC(=O)[C@H](Cc4ccccc4)NC(=O)[C@@H]4NC(=O)[C@@H](N)CS[C@H]4C)C(=O)N[C@@H](CC(C)C)C(=O)N4CCC[C@H]4C(=O)NCC(=O)NCC(=O)NCC(=O)NCC(=O)N[C@@H](C(C)C)C(=O)N3)[C@H](C)SC[C@H](NC(=O)[C@H](CCC(=O)O)NC1=O)C(=O)N[C@@H](C(C)CC)C(=O)N/C=C/S[C@H]2C. The second-order valence-electron chi connectivity index (χ2n) is 32.4. The van der Waals surface area contributed by atoms with E-state index in [0.29, 0.717) is 12.0 Å². The van der Waals surface area contributed by atoms with E-state index in [9.17, 15) is 62.6 Å². The molecule has 2 bridgehead atoms. The molecule has 690 valence electrons. The lowest BCUT2D eigenvalue weighted by molar-refractivity contribution is -0.142. The van der Waals surface area contributed by atoms with Crippen molar-refractivity contribution in [3.63, 3.8) is 0 Å². The van der Waals surface area contributed by atoms with Crippen LogP contribution >= 0.6 is 47.0 Å². The van der Waals surface area contributed by atoms with Crippen molar-refractivity contribution in [2.45, 2.75) is 240 Å². The number of carboxylic acids is 1. The van der Waals surface area contributed by atoms with E-state index in [1.807, 2.05) is 0 Å². The maximum absolute atomic E-state index is 16.0. The Morgan fingerprint density at radius 1 is 0.560 bits per heavy atom. The molecular weight excluding hydrogens is 1710 g/mol. The van der Waals surface area contributed by atoms with Crippen LogP contribution in [0.3, 0.4) is 0 Å². The number of nitrogens with one attached hydrogen (secondary N) is 18. The summed E-state index contributed by atoms with van der Waals surface area (Å²) in [6, 6.07) is -13.5. The summed E-state index contributed by atoms with van der Waals surface area (Å²) in [5.74, 6) is -23.0. The van der Waals surface area contributed by atoms with Gasteiger partial charge in [-0.05, 0) is 66.7 Å². The number of nitrogens with zero attached hydrogens (tertiary/aromatic N) is 1. The second kappa shape index (κ2) is 50.0. The van der Waals surface area contributed by atoms with Gasteiger partial charge in [0.15, 0.2) is 0 Å². The number of benzene rings is 1. The molecule has 5 aliphatic heterocycles. The van der Waals surface area contributed by atoms with E-state index in [2.05, 4.69) is 102 Å². The summed E-state index contributed by atoms with van der Waals surface area (Å²) in [5, 5.41) is 53.2. The van der Waals surface area contributed by atoms with Crippen LogP contribution in [0.2, 0.25) is 0 Å². The summed E-state index contributed by atoms with van der Waals surface area (Å²) >= 11 is 3.62. The van der Waals surface area contributed by atoms with Gasteiger partial charge in [0.25, 0.3) is 5.91 Å². The Hall–Kier alpha value is -10.5. The van der Waals surface area contributed by atoms with Gasteiger partial charge in [-0.15, -0.1) is 11.8 Å². The van der Waals surface area contributed by atoms with E-state index in [1.54, 1.807) is 78.8 Å². The average molecular weight is 1830 g/mol. The molecule has 1 aromatic carbocycles.